The third kappa shape index (κ3) is 2.52. The van der Waals surface area contributed by atoms with E-state index in [9.17, 15) is 4.79 Å². The molecule has 17 heavy (non-hydrogen) atoms. The third-order valence-corrected chi connectivity index (χ3v) is 3.56. The summed E-state index contributed by atoms with van der Waals surface area (Å²) < 4.78 is 0. The Balaban J connectivity index is 2.17. The number of aromatic nitrogens is 1. The van der Waals surface area contributed by atoms with E-state index in [2.05, 4.69) is 11.9 Å². The number of likely N-dealkylation sites (tertiary alicyclic amines) is 1. The second-order valence-electron chi connectivity index (χ2n) is 4.40. The number of anilines is 1. The minimum Gasteiger partial charge on any atom is -0.384 e. The van der Waals surface area contributed by atoms with Crippen LogP contribution in [0.25, 0.3) is 0 Å². The number of halogens is 1. The SMILES string of the molecule is CCC1CCN(C(=O)c2cc(N)ncc2Cl)C1. The first-order valence-electron chi connectivity index (χ1n) is 5.82. The van der Waals surface area contributed by atoms with E-state index in [1.54, 1.807) is 6.07 Å². The predicted molar refractivity (Wildman–Crippen MR) is 68.0 cm³/mol. The molecule has 0 spiro atoms. The van der Waals surface area contributed by atoms with Crippen LogP contribution >= 0.6 is 11.6 Å². The zero-order valence-electron chi connectivity index (χ0n) is 9.82. The Bertz CT molecular complexity index is 436. The van der Waals surface area contributed by atoms with Gasteiger partial charge in [-0.15, -0.1) is 0 Å². The molecule has 5 heteroatoms. The number of rotatable bonds is 2. The van der Waals surface area contributed by atoms with Crippen LogP contribution in [0.15, 0.2) is 12.3 Å². The quantitative estimate of drug-likeness (QED) is 0.879. The normalized spacial score (nSPS) is 19.6. The zero-order valence-corrected chi connectivity index (χ0v) is 10.6. The number of hydrogen-bond acceptors (Lipinski definition) is 3. The van der Waals surface area contributed by atoms with Gasteiger partial charge in [0, 0.05) is 19.3 Å². The highest BCUT2D eigenvalue weighted by molar-refractivity contribution is 6.33. The van der Waals surface area contributed by atoms with E-state index >= 15 is 0 Å². The summed E-state index contributed by atoms with van der Waals surface area (Å²) in [6.45, 7) is 3.76. The Morgan fingerprint density at radius 1 is 1.71 bits per heavy atom. The second-order valence-corrected chi connectivity index (χ2v) is 4.81. The van der Waals surface area contributed by atoms with Crippen LogP contribution in [0.5, 0.6) is 0 Å². The van der Waals surface area contributed by atoms with Crippen molar-refractivity contribution < 1.29 is 4.79 Å². The van der Waals surface area contributed by atoms with Crippen molar-refractivity contribution in [3.05, 3.63) is 22.8 Å². The van der Waals surface area contributed by atoms with Gasteiger partial charge in [0.25, 0.3) is 5.91 Å². The van der Waals surface area contributed by atoms with Crippen LogP contribution in [0.2, 0.25) is 5.02 Å². The summed E-state index contributed by atoms with van der Waals surface area (Å²) in [4.78, 5) is 17.9. The van der Waals surface area contributed by atoms with E-state index < -0.39 is 0 Å². The average Bonchev–Trinajstić information content (AvgIpc) is 2.80. The summed E-state index contributed by atoms with van der Waals surface area (Å²) in [5, 5.41) is 0.365. The topological polar surface area (TPSA) is 59.2 Å². The Morgan fingerprint density at radius 3 is 3.12 bits per heavy atom. The van der Waals surface area contributed by atoms with Crippen LogP contribution in [0.3, 0.4) is 0 Å². The van der Waals surface area contributed by atoms with Crippen LogP contribution in [-0.2, 0) is 0 Å². The standard InChI is InChI=1S/C12H16ClN3O/c1-2-8-3-4-16(7-8)12(17)9-5-11(14)15-6-10(9)13/h5-6,8H,2-4,7H2,1H3,(H2,14,15). The summed E-state index contributed by atoms with van der Waals surface area (Å²) in [6, 6.07) is 1.55. The molecule has 2 heterocycles. The number of hydrogen-bond donors (Lipinski definition) is 1. The fourth-order valence-electron chi connectivity index (χ4n) is 2.14. The second kappa shape index (κ2) is 4.92. The smallest absolute Gasteiger partial charge is 0.255 e. The lowest BCUT2D eigenvalue weighted by Crippen LogP contribution is -2.29. The predicted octanol–water partition coefficient (Wildman–Crippen LogP) is 2.19. The monoisotopic (exact) mass is 253 g/mol. The summed E-state index contributed by atoms with van der Waals surface area (Å²) in [5.74, 6) is 0.890. The highest BCUT2D eigenvalue weighted by atomic mass is 35.5. The number of pyridine rings is 1. The molecule has 0 aliphatic carbocycles. The van der Waals surface area contributed by atoms with Gasteiger partial charge in [-0.3, -0.25) is 4.79 Å². The molecule has 0 saturated carbocycles. The van der Waals surface area contributed by atoms with Gasteiger partial charge in [0.1, 0.15) is 5.82 Å². The maximum absolute atomic E-state index is 12.2. The van der Waals surface area contributed by atoms with Crippen molar-refractivity contribution in [2.24, 2.45) is 5.92 Å². The van der Waals surface area contributed by atoms with Gasteiger partial charge in [-0.1, -0.05) is 24.9 Å². The van der Waals surface area contributed by atoms with Crippen LogP contribution in [0.4, 0.5) is 5.82 Å². The van der Waals surface area contributed by atoms with Gasteiger partial charge in [0.2, 0.25) is 0 Å². The molecule has 4 nitrogen and oxygen atoms in total. The Morgan fingerprint density at radius 2 is 2.47 bits per heavy atom. The number of carbonyl (C=O) groups is 1. The van der Waals surface area contributed by atoms with Crippen molar-refractivity contribution in [2.45, 2.75) is 19.8 Å². The average molecular weight is 254 g/mol. The molecular weight excluding hydrogens is 238 g/mol. The molecule has 2 rings (SSSR count). The highest BCUT2D eigenvalue weighted by Gasteiger charge is 2.27. The first-order valence-corrected chi connectivity index (χ1v) is 6.20. The van der Waals surface area contributed by atoms with Gasteiger partial charge in [-0.05, 0) is 18.4 Å². The van der Waals surface area contributed by atoms with E-state index in [0.29, 0.717) is 22.3 Å². The fourth-order valence-corrected chi connectivity index (χ4v) is 2.32. The molecular formula is C12H16ClN3O. The molecule has 1 aliphatic rings. The molecule has 1 aromatic heterocycles. The molecule has 0 radical (unpaired) electrons. The molecule has 0 aromatic carbocycles. The van der Waals surface area contributed by atoms with E-state index in [1.807, 2.05) is 4.90 Å². The lowest BCUT2D eigenvalue weighted by molar-refractivity contribution is 0.0787. The summed E-state index contributed by atoms with van der Waals surface area (Å²) in [7, 11) is 0. The summed E-state index contributed by atoms with van der Waals surface area (Å²) in [5.41, 5.74) is 6.03. The molecule has 1 atom stereocenters. The first-order chi connectivity index (χ1) is 8.11. The maximum atomic E-state index is 12.2. The number of amides is 1. The zero-order chi connectivity index (χ0) is 12.4. The lowest BCUT2D eigenvalue weighted by atomic mass is 10.1. The van der Waals surface area contributed by atoms with Gasteiger partial charge in [-0.25, -0.2) is 4.98 Å². The van der Waals surface area contributed by atoms with Crippen LogP contribution in [0.1, 0.15) is 30.1 Å². The molecule has 1 aliphatic heterocycles. The molecule has 92 valence electrons. The van der Waals surface area contributed by atoms with Crippen LogP contribution in [-0.4, -0.2) is 28.9 Å². The minimum absolute atomic E-state index is 0.0416. The molecule has 1 aromatic rings. The largest absolute Gasteiger partial charge is 0.384 e. The third-order valence-electron chi connectivity index (χ3n) is 3.26. The Labute approximate surface area is 106 Å². The highest BCUT2D eigenvalue weighted by Crippen LogP contribution is 2.24. The van der Waals surface area contributed by atoms with Crippen LogP contribution < -0.4 is 5.73 Å². The van der Waals surface area contributed by atoms with Crippen molar-refractivity contribution in [2.75, 3.05) is 18.8 Å². The van der Waals surface area contributed by atoms with Crippen molar-refractivity contribution in [1.29, 1.82) is 0 Å². The first kappa shape index (κ1) is 12.2. The van der Waals surface area contributed by atoms with Gasteiger partial charge in [0.15, 0.2) is 0 Å². The van der Waals surface area contributed by atoms with Crippen LogP contribution in [0, 0.1) is 5.92 Å². The Hall–Kier alpha value is -1.29. The number of nitrogens with zero attached hydrogens (tertiary/aromatic N) is 2. The molecule has 0 bridgehead atoms. The Kier molecular flexibility index (Phi) is 3.52. The lowest BCUT2D eigenvalue weighted by Gasteiger charge is -2.17. The minimum atomic E-state index is -0.0416. The summed E-state index contributed by atoms with van der Waals surface area (Å²) in [6.07, 6.45) is 3.61. The van der Waals surface area contributed by atoms with E-state index in [1.165, 1.54) is 6.20 Å². The van der Waals surface area contributed by atoms with Gasteiger partial charge in [-0.2, -0.15) is 0 Å². The molecule has 1 unspecified atom stereocenters. The maximum Gasteiger partial charge on any atom is 0.255 e. The fraction of sp³-hybridized carbons (Fsp3) is 0.500. The molecule has 1 saturated heterocycles. The van der Waals surface area contributed by atoms with Gasteiger partial charge < -0.3 is 10.6 Å². The van der Waals surface area contributed by atoms with Crippen molar-refractivity contribution >= 4 is 23.3 Å². The number of nitrogen functional groups attached to an aromatic ring is 1. The van der Waals surface area contributed by atoms with E-state index in [-0.39, 0.29) is 5.91 Å². The van der Waals surface area contributed by atoms with Crippen molar-refractivity contribution in [1.82, 2.24) is 9.88 Å². The van der Waals surface area contributed by atoms with Gasteiger partial charge >= 0.3 is 0 Å². The molecule has 1 fully saturated rings. The van der Waals surface area contributed by atoms with Crippen molar-refractivity contribution in [3.8, 4) is 0 Å². The number of carbonyl (C=O) groups excluding carboxylic acids is 1. The van der Waals surface area contributed by atoms with E-state index in [4.69, 9.17) is 17.3 Å². The van der Waals surface area contributed by atoms with E-state index in [0.717, 1.165) is 25.9 Å². The number of nitrogens with two attached hydrogens (primary N) is 1. The summed E-state index contributed by atoms with van der Waals surface area (Å²) >= 11 is 5.97. The van der Waals surface area contributed by atoms with Crippen molar-refractivity contribution in [3.63, 3.8) is 0 Å². The van der Waals surface area contributed by atoms with Gasteiger partial charge in [0.05, 0.1) is 10.6 Å². The molecule has 2 N–H and O–H groups in total. The molecule has 1 amide bonds.